The van der Waals surface area contributed by atoms with Crippen LogP contribution in [-0.4, -0.2) is 15.9 Å². The molecule has 1 amide bonds. The largest absolute Gasteiger partial charge is 0.309 e. The molecule has 0 saturated heterocycles. The molecule has 6 heteroatoms. The van der Waals surface area contributed by atoms with E-state index in [4.69, 9.17) is 9.97 Å². The number of carbonyl (C=O) groups excluding carboxylic acids is 1. The van der Waals surface area contributed by atoms with Crippen LogP contribution in [0.2, 0.25) is 0 Å². The Morgan fingerprint density at radius 3 is 2.38 bits per heavy atom. The summed E-state index contributed by atoms with van der Waals surface area (Å²) < 4.78 is 27.0. The molecule has 0 spiro atoms. The second kappa shape index (κ2) is 9.51. The van der Waals surface area contributed by atoms with Crippen LogP contribution in [0.3, 0.4) is 0 Å². The topological polar surface area (TPSA) is 54.9 Å². The summed E-state index contributed by atoms with van der Waals surface area (Å²) in [6.07, 6.45) is 2.73. The molecule has 0 bridgehead atoms. The lowest BCUT2D eigenvalue weighted by atomic mass is 9.91. The maximum Gasteiger partial charge on any atom is 0.229 e. The molecule has 4 aromatic rings. The lowest BCUT2D eigenvalue weighted by Crippen LogP contribution is -2.20. The number of anilines is 1. The first kappa shape index (κ1) is 21.9. The van der Waals surface area contributed by atoms with Crippen LogP contribution in [0.5, 0.6) is 0 Å². The van der Waals surface area contributed by atoms with E-state index in [1.54, 1.807) is 24.3 Å². The molecule has 5 rings (SSSR count). The standard InChI is InChI=1S/C28H23F2N3O/c29-21-10-6-19(7-11-21)16-26(34)33-28-25(14-8-18-4-2-1-3-5-18)31-27-23-13-12-22(30)17-20(23)9-15-24(27)32-28/h1-7,10-13,17H,8-9,14-16H2,(H,32,33,34). The molecule has 0 atom stereocenters. The molecular formula is C28H23F2N3O. The number of aryl methyl sites for hydroxylation is 4. The normalized spacial score (nSPS) is 12.1. The Balaban J connectivity index is 1.46. The summed E-state index contributed by atoms with van der Waals surface area (Å²) in [5, 5.41) is 2.93. The van der Waals surface area contributed by atoms with E-state index in [1.165, 1.54) is 18.2 Å². The van der Waals surface area contributed by atoms with E-state index >= 15 is 0 Å². The molecule has 1 aliphatic carbocycles. The van der Waals surface area contributed by atoms with E-state index in [1.807, 2.05) is 18.2 Å². The second-order valence-corrected chi connectivity index (χ2v) is 8.45. The van der Waals surface area contributed by atoms with Gasteiger partial charge < -0.3 is 5.32 Å². The zero-order valence-corrected chi connectivity index (χ0v) is 18.5. The highest BCUT2D eigenvalue weighted by Crippen LogP contribution is 2.33. The minimum Gasteiger partial charge on any atom is -0.309 e. The van der Waals surface area contributed by atoms with Crippen molar-refractivity contribution in [3.05, 3.63) is 113 Å². The lowest BCUT2D eigenvalue weighted by Gasteiger charge is -2.21. The van der Waals surface area contributed by atoms with Gasteiger partial charge in [-0.15, -0.1) is 0 Å². The van der Waals surface area contributed by atoms with E-state index in [0.29, 0.717) is 36.3 Å². The number of rotatable bonds is 6. The number of aromatic nitrogens is 2. The van der Waals surface area contributed by atoms with Gasteiger partial charge in [-0.25, -0.2) is 18.7 Å². The van der Waals surface area contributed by atoms with Gasteiger partial charge in [0.05, 0.1) is 23.5 Å². The predicted octanol–water partition coefficient (Wildman–Crippen LogP) is 5.49. The van der Waals surface area contributed by atoms with Gasteiger partial charge in [0.2, 0.25) is 5.91 Å². The van der Waals surface area contributed by atoms with Gasteiger partial charge in [0.1, 0.15) is 11.6 Å². The van der Waals surface area contributed by atoms with Gasteiger partial charge in [-0.2, -0.15) is 0 Å². The highest BCUT2D eigenvalue weighted by molar-refractivity contribution is 5.92. The predicted molar refractivity (Wildman–Crippen MR) is 127 cm³/mol. The van der Waals surface area contributed by atoms with Gasteiger partial charge in [-0.3, -0.25) is 4.79 Å². The number of amides is 1. The SMILES string of the molecule is O=C(Cc1ccc(F)cc1)Nc1nc2c(nc1CCc1ccccc1)-c1ccc(F)cc1CC2. The fourth-order valence-electron chi connectivity index (χ4n) is 4.29. The van der Waals surface area contributed by atoms with Crippen molar-refractivity contribution in [2.24, 2.45) is 0 Å². The van der Waals surface area contributed by atoms with E-state index in [9.17, 15) is 13.6 Å². The highest BCUT2D eigenvalue weighted by Gasteiger charge is 2.23. The Bertz CT molecular complexity index is 1340. The molecular weight excluding hydrogens is 432 g/mol. The summed E-state index contributed by atoms with van der Waals surface area (Å²) >= 11 is 0. The smallest absolute Gasteiger partial charge is 0.229 e. The summed E-state index contributed by atoms with van der Waals surface area (Å²) in [4.78, 5) is 22.5. The van der Waals surface area contributed by atoms with Crippen molar-refractivity contribution in [1.82, 2.24) is 9.97 Å². The molecule has 34 heavy (non-hydrogen) atoms. The zero-order chi connectivity index (χ0) is 23.5. The second-order valence-electron chi connectivity index (χ2n) is 8.45. The van der Waals surface area contributed by atoms with Gasteiger partial charge in [0.25, 0.3) is 0 Å². The molecule has 0 unspecified atom stereocenters. The van der Waals surface area contributed by atoms with Crippen molar-refractivity contribution in [2.45, 2.75) is 32.1 Å². The monoisotopic (exact) mass is 455 g/mol. The Labute approximate surface area is 196 Å². The number of benzene rings is 3. The molecule has 0 radical (unpaired) electrons. The Morgan fingerprint density at radius 1 is 0.824 bits per heavy atom. The van der Waals surface area contributed by atoms with Gasteiger partial charge in [0, 0.05) is 5.56 Å². The molecule has 4 nitrogen and oxygen atoms in total. The number of hydrogen-bond acceptors (Lipinski definition) is 3. The maximum absolute atomic E-state index is 13.8. The summed E-state index contributed by atoms with van der Waals surface area (Å²) in [5.74, 6) is -0.385. The lowest BCUT2D eigenvalue weighted by molar-refractivity contribution is -0.115. The average Bonchev–Trinajstić information content (AvgIpc) is 2.84. The van der Waals surface area contributed by atoms with Crippen LogP contribution >= 0.6 is 0 Å². The number of nitrogens with one attached hydrogen (secondary N) is 1. The third-order valence-corrected chi connectivity index (χ3v) is 6.02. The number of nitrogens with zero attached hydrogens (tertiary/aromatic N) is 2. The number of hydrogen-bond donors (Lipinski definition) is 1. The molecule has 1 aliphatic rings. The van der Waals surface area contributed by atoms with E-state index in [2.05, 4.69) is 17.4 Å². The van der Waals surface area contributed by atoms with Crippen molar-refractivity contribution in [3.8, 4) is 11.3 Å². The third kappa shape index (κ3) is 4.86. The fraction of sp³-hybridized carbons (Fsp3) is 0.179. The van der Waals surface area contributed by atoms with E-state index < -0.39 is 0 Å². The number of halogens is 2. The zero-order valence-electron chi connectivity index (χ0n) is 18.5. The van der Waals surface area contributed by atoms with Crippen molar-refractivity contribution >= 4 is 11.7 Å². The van der Waals surface area contributed by atoms with Gasteiger partial charge in [-0.05, 0) is 72.7 Å². The summed E-state index contributed by atoms with van der Waals surface area (Å²) in [6.45, 7) is 0. The molecule has 0 aliphatic heterocycles. The van der Waals surface area contributed by atoms with Gasteiger partial charge in [0.15, 0.2) is 5.82 Å². The van der Waals surface area contributed by atoms with Crippen LogP contribution in [0.15, 0.2) is 72.8 Å². The van der Waals surface area contributed by atoms with Crippen LogP contribution in [0, 0.1) is 11.6 Å². The number of carbonyl (C=O) groups is 1. The molecule has 0 fully saturated rings. The molecule has 170 valence electrons. The highest BCUT2D eigenvalue weighted by atomic mass is 19.1. The Hall–Kier alpha value is -3.93. The van der Waals surface area contributed by atoms with E-state index in [0.717, 1.165) is 34.5 Å². The number of fused-ring (bicyclic) bond motifs is 3. The van der Waals surface area contributed by atoms with Crippen LogP contribution in [0.1, 0.15) is 28.1 Å². The molecule has 3 aromatic carbocycles. The average molecular weight is 456 g/mol. The van der Waals surface area contributed by atoms with Crippen LogP contribution in [0.25, 0.3) is 11.3 Å². The molecule has 1 heterocycles. The minimum atomic E-state index is -0.340. The first-order valence-corrected chi connectivity index (χ1v) is 11.3. The van der Waals surface area contributed by atoms with Gasteiger partial charge >= 0.3 is 0 Å². The Kier molecular flexibility index (Phi) is 6.12. The molecule has 0 saturated carbocycles. The first-order chi connectivity index (χ1) is 16.5. The van der Waals surface area contributed by atoms with E-state index in [-0.39, 0.29) is 24.0 Å². The molecule has 1 aromatic heterocycles. The Morgan fingerprint density at radius 2 is 1.59 bits per heavy atom. The first-order valence-electron chi connectivity index (χ1n) is 11.3. The molecule has 1 N–H and O–H groups in total. The van der Waals surface area contributed by atoms with Gasteiger partial charge in [-0.1, -0.05) is 42.5 Å². The van der Waals surface area contributed by atoms with Crippen LogP contribution in [0.4, 0.5) is 14.6 Å². The maximum atomic E-state index is 13.8. The third-order valence-electron chi connectivity index (χ3n) is 6.02. The van der Waals surface area contributed by atoms with Crippen molar-refractivity contribution in [3.63, 3.8) is 0 Å². The van der Waals surface area contributed by atoms with Crippen molar-refractivity contribution in [1.29, 1.82) is 0 Å². The fourth-order valence-corrected chi connectivity index (χ4v) is 4.29. The summed E-state index contributed by atoms with van der Waals surface area (Å²) in [6, 6.07) is 20.7. The van der Waals surface area contributed by atoms with Crippen LogP contribution < -0.4 is 5.32 Å². The summed E-state index contributed by atoms with van der Waals surface area (Å²) in [7, 11) is 0. The van der Waals surface area contributed by atoms with Crippen LogP contribution in [-0.2, 0) is 36.9 Å². The summed E-state index contributed by atoms with van der Waals surface area (Å²) in [5.41, 5.74) is 5.91. The van der Waals surface area contributed by atoms with Crippen molar-refractivity contribution in [2.75, 3.05) is 5.32 Å². The quantitative estimate of drug-likeness (QED) is 0.419. The van der Waals surface area contributed by atoms with Crippen molar-refractivity contribution < 1.29 is 13.6 Å². The minimum absolute atomic E-state index is 0.110.